The lowest BCUT2D eigenvalue weighted by Gasteiger charge is -2.21. The molecule has 18 heavy (non-hydrogen) atoms. The number of carbonyl (C=O) groups excluding carboxylic acids is 1. The van der Waals surface area contributed by atoms with E-state index in [-0.39, 0.29) is 6.03 Å². The zero-order valence-electron chi connectivity index (χ0n) is 9.60. The Balaban J connectivity index is 2.06. The number of amides is 2. The SMILES string of the molecule is O=C(O)C1CCCN1C(=O)Nc1cccc(Br)c1. The van der Waals surface area contributed by atoms with Gasteiger partial charge in [0.05, 0.1) is 0 Å². The minimum Gasteiger partial charge on any atom is -0.480 e. The van der Waals surface area contributed by atoms with Crippen molar-refractivity contribution in [1.82, 2.24) is 4.90 Å². The molecular formula is C12H13BrN2O3. The Morgan fingerprint density at radius 2 is 2.22 bits per heavy atom. The molecule has 0 bridgehead atoms. The number of aliphatic carboxylic acids is 1. The van der Waals surface area contributed by atoms with Crippen LogP contribution in [0.5, 0.6) is 0 Å². The van der Waals surface area contributed by atoms with Crippen molar-refractivity contribution in [3.63, 3.8) is 0 Å². The van der Waals surface area contributed by atoms with Crippen LogP contribution in [0.15, 0.2) is 28.7 Å². The van der Waals surface area contributed by atoms with Gasteiger partial charge in [-0.05, 0) is 31.0 Å². The van der Waals surface area contributed by atoms with E-state index in [0.717, 1.165) is 10.9 Å². The van der Waals surface area contributed by atoms with Gasteiger partial charge in [-0.3, -0.25) is 0 Å². The number of nitrogens with one attached hydrogen (secondary N) is 1. The number of hydrogen-bond donors (Lipinski definition) is 2. The summed E-state index contributed by atoms with van der Waals surface area (Å²) in [5.74, 6) is -0.947. The molecule has 1 aliphatic rings. The number of urea groups is 1. The molecule has 1 unspecified atom stereocenters. The maximum absolute atomic E-state index is 12.0. The zero-order chi connectivity index (χ0) is 13.1. The molecule has 5 nitrogen and oxygen atoms in total. The predicted molar refractivity (Wildman–Crippen MR) is 70.5 cm³/mol. The highest BCUT2D eigenvalue weighted by Crippen LogP contribution is 2.20. The molecule has 6 heteroatoms. The summed E-state index contributed by atoms with van der Waals surface area (Å²) in [5.41, 5.74) is 0.644. The van der Waals surface area contributed by atoms with Gasteiger partial charge in [0.15, 0.2) is 0 Å². The van der Waals surface area contributed by atoms with E-state index in [1.54, 1.807) is 18.2 Å². The van der Waals surface area contributed by atoms with E-state index >= 15 is 0 Å². The number of hydrogen-bond acceptors (Lipinski definition) is 2. The first-order valence-corrected chi connectivity index (χ1v) is 6.43. The Labute approximate surface area is 113 Å². The fourth-order valence-electron chi connectivity index (χ4n) is 2.03. The molecule has 1 aromatic carbocycles. The Hall–Kier alpha value is -1.56. The summed E-state index contributed by atoms with van der Waals surface area (Å²) in [6.45, 7) is 0.483. The van der Waals surface area contributed by atoms with Crippen molar-refractivity contribution in [2.24, 2.45) is 0 Å². The Kier molecular flexibility index (Phi) is 3.86. The normalized spacial score (nSPS) is 18.7. The average molecular weight is 313 g/mol. The van der Waals surface area contributed by atoms with Crippen molar-refractivity contribution in [3.8, 4) is 0 Å². The van der Waals surface area contributed by atoms with Gasteiger partial charge >= 0.3 is 12.0 Å². The highest BCUT2D eigenvalue weighted by Gasteiger charge is 2.33. The summed E-state index contributed by atoms with van der Waals surface area (Å²) in [6, 6.07) is 6.11. The average Bonchev–Trinajstić information content (AvgIpc) is 2.77. The molecular weight excluding hydrogens is 300 g/mol. The topological polar surface area (TPSA) is 69.6 Å². The van der Waals surface area contributed by atoms with E-state index in [9.17, 15) is 9.59 Å². The maximum atomic E-state index is 12.0. The largest absolute Gasteiger partial charge is 0.480 e. The number of likely N-dealkylation sites (tertiary alicyclic amines) is 1. The third-order valence-electron chi connectivity index (χ3n) is 2.87. The first-order chi connectivity index (χ1) is 8.58. The molecule has 1 heterocycles. The van der Waals surface area contributed by atoms with Gasteiger partial charge in [-0.25, -0.2) is 9.59 Å². The minimum atomic E-state index is -0.947. The van der Waals surface area contributed by atoms with E-state index in [1.807, 2.05) is 6.07 Å². The summed E-state index contributed by atoms with van der Waals surface area (Å²) in [7, 11) is 0. The van der Waals surface area contributed by atoms with Crippen LogP contribution in [0.25, 0.3) is 0 Å². The summed E-state index contributed by atoms with van der Waals surface area (Å²) >= 11 is 3.31. The van der Waals surface area contributed by atoms with Gasteiger partial charge in [-0.15, -0.1) is 0 Å². The standard InChI is InChI=1S/C12H13BrN2O3/c13-8-3-1-4-9(7-8)14-12(18)15-6-2-5-10(15)11(16)17/h1,3-4,7,10H,2,5-6H2,(H,14,18)(H,16,17). The maximum Gasteiger partial charge on any atom is 0.326 e. The quantitative estimate of drug-likeness (QED) is 0.881. The fourth-order valence-corrected chi connectivity index (χ4v) is 2.43. The highest BCUT2D eigenvalue weighted by atomic mass is 79.9. The summed E-state index contributed by atoms with van der Waals surface area (Å²) in [6.07, 6.45) is 1.24. The molecule has 1 saturated heterocycles. The van der Waals surface area contributed by atoms with E-state index in [2.05, 4.69) is 21.2 Å². The van der Waals surface area contributed by atoms with Crippen molar-refractivity contribution >= 4 is 33.6 Å². The molecule has 0 spiro atoms. The number of carbonyl (C=O) groups is 2. The number of carboxylic acid groups (broad SMARTS) is 1. The molecule has 1 atom stereocenters. The predicted octanol–water partition coefficient (Wildman–Crippen LogP) is 2.53. The molecule has 0 saturated carbocycles. The molecule has 2 amide bonds. The lowest BCUT2D eigenvalue weighted by Crippen LogP contribution is -2.42. The number of carboxylic acids is 1. The molecule has 0 aromatic heterocycles. The van der Waals surface area contributed by atoms with Crippen LogP contribution in [0.3, 0.4) is 0 Å². The van der Waals surface area contributed by atoms with Crippen molar-refractivity contribution in [3.05, 3.63) is 28.7 Å². The molecule has 2 rings (SSSR count). The first kappa shape index (κ1) is 12.9. The van der Waals surface area contributed by atoms with Crippen LogP contribution in [-0.2, 0) is 4.79 Å². The third kappa shape index (κ3) is 2.81. The van der Waals surface area contributed by atoms with Crippen molar-refractivity contribution in [2.75, 3.05) is 11.9 Å². The fraction of sp³-hybridized carbons (Fsp3) is 0.333. The number of rotatable bonds is 2. The Morgan fingerprint density at radius 3 is 2.89 bits per heavy atom. The summed E-state index contributed by atoms with van der Waals surface area (Å²) in [4.78, 5) is 24.3. The van der Waals surface area contributed by atoms with Crippen LogP contribution < -0.4 is 5.32 Å². The van der Waals surface area contributed by atoms with E-state index in [4.69, 9.17) is 5.11 Å². The Bertz CT molecular complexity index is 478. The minimum absolute atomic E-state index is 0.363. The second-order valence-corrected chi connectivity index (χ2v) is 5.05. The van der Waals surface area contributed by atoms with Gasteiger partial charge in [-0.2, -0.15) is 0 Å². The lowest BCUT2D eigenvalue weighted by atomic mass is 10.2. The van der Waals surface area contributed by atoms with Crippen LogP contribution >= 0.6 is 15.9 Å². The van der Waals surface area contributed by atoms with Crippen molar-refractivity contribution in [2.45, 2.75) is 18.9 Å². The van der Waals surface area contributed by atoms with Gasteiger partial charge < -0.3 is 15.3 Å². The van der Waals surface area contributed by atoms with Crippen LogP contribution in [0.4, 0.5) is 10.5 Å². The van der Waals surface area contributed by atoms with Gasteiger partial charge in [0, 0.05) is 16.7 Å². The van der Waals surface area contributed by atoms with Crippen molar-refractivity contribution in [1.29, 1.82) is 0 Å². The number of benzene rings is 1. The molecule has 1 aromatic rings. The van der Waals surface area contributed by atoms with E-state index in [0.29, 0.717) is 18.7 Å². The second kappa shape index (κ2) is 5.39. The Morgan fingerprint density at radius 1 is 1.44 bits per heavy atom. The van der Waals surface area contributed by atoms with Gasteiger partial charge in [0.1, 0.15) is 6.04 Å². The number of anilines is 1. The van der Waals surface area contributed by atoms with Gasteiger partial charge in [-0.1, -0.05) is 22.0 Å². The third-order valence-corrected chi connectivity index (χ3v) is 3.37. The van der Waals surface area contributed by atoms with Crippen LogP contribution in [0, 0.1) is 0 Å². The lowest BCUT2D eigenvalue weighted by molar-refractivity contribution is -0.141. The molecule has 0 radical (unpaired) electrons. The van der Waals surface area contributed by atoms with E-state index in [1.165, 1.54) is 4.90 Å². The second-order valence-electron chi connectivity index (χ2n) is 4.13. The van der Waals surface area contributed by atoms with Gasteiger partial charge in [0.25, 0.3) is 0 Å². The molecule has 1 fully saturated rings. The molecule has 96 valence electrons. The zero-order valence-corrected chi connectivity index (χ0v) is 11.2. The van der Waals surface area contributed by atoms with E-state index < -0.39 is 12.0 Å². The molecule has 1 aliphatic heterocycles. The van der Waals surface area contributed by atoms with Crippen LogP contribution in [0.1, 0.15) is 12.8 Å². The molecule has 0 aliphatic carbocycles. The summed E-state index contributed by atoms with van der Waals surface area (Å²) in [5, 5.41) is 11.7. The molecule has 2 N–H and O–H groups in total. The monoisotopic (exact) mass is 312 g/mol. The van der Waals surface area contributed by atoms with Crippen LogP contribution in [-0.4, -0.2) is 34.6 Å². The van der Waals surface area contributed by atoms with Crippen LogP contribution in [0.2, 0.25) is 0 Å². The smallest absolute Gasteiger partial charge is 0.326 e. The summed E-state index contributed by atoms with van der Waals surface area (Å²) < 4.78 is 0.858. The number of halogens is 1. The number of nitrogens with zero attached hydrogens (tertiary/aromatic N) is 1. The van der Waals surface area contributed by atoms with Gasteiger partial charge in [0.2, 0.25) is 0 Å². The highest BCUT2D eigenvalue weighted by molar-refractivity contribution is 9.10. The van der Waals surface area contributed by atoms with Crippen molar-refractivity contribution < 1.29 is 14.7 Å². The first-order valence-electron chi connectivity index (χ1n) is 5.64.